The standard InChI is InChI=1S/C19H26N4O3S2/c1-14(2)23(16-7-5-4-6-8-16)18(24)12-27-19-21-20-17(22(19)3)11-15-9-10-28(25,26)13-15/h4-8,14-15H,9-13H2,1-3H3. The second kappa shape index (κ2) is 8.65. The van der Waals surface area contributed by atoms with Gasteiger partial charge in [-0.05, 0) is 38.3 Å². The number of sulfone groups is 1. The average molecular weight is 423 g/mol. The fourth-order valence-electron chi connectivity index (χ4n) is 3.45. The molecule has 0 bridgehead atoms. The Morgan fingerprint density at radius 2 is 2.00 bits per heavy atom. The molecule has 1 atom stereocenters. The van der Waals surface area contributed by atoms with Crippen LogP contribution >= 0.6 is 11.8 Å². The molecule has 1 aromatic carbocycles. The lowest BCUT2D eigenvalue weighted by Gasteiger charge is -2.26. The number of carbonyl (C=O) groups excluding carboxylic acids is 1. The highest BCUT2D eigenvalue weighted by Crippen LogP contribution is 2.25. The lowest BCUT2D eigenvalue weighted by Crippen LogP contribution is -2.38. The number of hydrogen-bond acceptors (Lipinski definition) is 6. The zero-order valence-corrected chi connectivity index (χ0v) is 18.0. The monoisotopic (exact) mass is 422 g/mol. The number of para-hydroxylation sites is 1. The summed E-state index contributed by atoms with van der Waals surface area (Å²) in [5.41, 5.74) is 0.879. The summed E-state index contributed by atoms with van der Waals surface area (Å²) in [4.78, 5) is 14.6. The summed E-state index contributed by atoms with van der Waals surface area (Å²) >= 11 is 1.35. The third-order valence-electron chi connectivity index (χ3n) is 4.87. The van der Waals surface area contributed by atoms with Gasteiger partial charge in [0.15, 0.2) is 15.0 Å². The predicted molar refractivity (Wildman–Crippen MR) is 111 cm³/mol. The Hall–Kier alpha value is -1.87. The van der Waals surface area contributed by atoms with Crippen LogP contribution in [0.4, 0.5) is 5.69 Å². The minimum absolute atomic E-state index is 0.0117. The minimum Gasteiger partial charge on any atom is -0.309 e. The Balaban J connectivity index is 1.63. The van der Waals surface area contributed by atoms with Crippen LogP contribution in [-0.4, -0.2) is 52.4 Å². The fraction of sp³-hybridized carbons (Fsp3) is 0.526. The second-order valence-corrected chi connectivity index (χ2v) is 10.6. The molecule has 0 aliphatic carbocycles. The van der Waals surface area contributed by atoms with Gasteiger partial charge in [-0.15, -0.1) is 10.2 Å². The Bertz CT molecular complexity index is 926. The van der Waals surface area contributed by atoms with Gasteiger partial charge >= 0.3 is 0 Å². The van der Waals surface area contributed by atoms with Crippen molar-refractivity contribution in [1.29, 1.82) is 0 Å². The number of anilines is 1. The molecule has 28 heavy (non-hydrogen) atoms. The normalized spacial score (nSPS) is 18.5. The van der Waals surface area contributed by atoms with Gasteiger partial charge in [0.1, 0.15) is 5.82 Å². The molecular formula is C19H26N4O3S2. The van der Waals surface area contributed by atoms with Crippen molar-refractivity contribution in [3.05, 3.63) is 36.2 Å². The van der Waals surface area contributed by atoms with Gasteiger partial charge in [-0.1, -0.05) is 30.0 Å². The summed E-state index contributed by atoms with van der Waals surface area (Å²) in [5.74, 6) is 1.62. The molecule has 0 N–H and O–H groups in total. The van der Waals surface area contributed by atoms with Gasteiger partial charge in [-0.25, -0.2) is 8.42 Å². The number of carbonyl (C=O) groups is 1. The molecule has 1 amide bonds. The average Bonchev–Trinajstić information content (AvgIpc) is 3.16. The number of benzene rings is 1. The first kappa shape index (κ1) is 20.9. The molecule has 0 spiro atoms. The predicted octanol–water partition coefficient (Wildman–Crippen LogP) is 2.33. The summed E-state index contributed by atoms with van der Waals surface area (Å²) < 4.78 is 25.2. The Kier molecular flexibility index (Phi) is 6.44. The van der Waals surface area contributed by atoms with Crippen LogP contribution in [0.5, 0.6) is 0 Å². The van der Waals surface area contributed by atoms with E-state index in [1.165, 1.54) is 11.8 Å². The number of rotatable bonds is 7. The summed E-state index contributed by atoms with van der Waals surface area (Å²) in [5, 5.41) is 9.08. The van der Waals surface area contributed by atoms with Gasteiger partial charge in [-0.2, -0.15) is 0 Å². The molecular weight excluding hydrogens is 396 g/mol. The molecule has 152 valence electrons. The smallest absolute Gasteiger partial charge is 0.237 e. The molecule has 3 rings (SSSR count). The first-order valence-corrected chi connectivity index (χ1v) is 12.2. The van der Waals surface area contributed by atoms with Crippen LogP contribution in [0.1, 0.15) is 26.1 Å². The SMILES string of the molecule is CC(C)N(C(=O)CSc1nnc(CC2CCS(=O)(=O)C2)n1C)c1ccccc1. The van der Waals surface area contributed by atoms with Crippen molar-refractivity contribution in [2.45, 2.75) is 37.9 Å². The van der Waals surface area contributed by atoms with Gasteiger partial charge < -0.3 is 9.47 Å². The van der Waals surface area contributed by atoms with Crippen LogP contribution in [0.15, 0.2) is 35.5 Å². The highest BCUT2D eigenvalue weighted by molar-refractivity contribution is 7.99. The van der Waals surface area contributed by atoms with Crippen molar-refractivity contribution in [3.63, 3.8) is 0 Å². The van der Waals surface area contributed by atoms with Crippen LogP contribution in [0, 0.1) is 5.92 Å². The molecule has 1 saturated heterocycles. The zero-order chi connectivity index (χ0) is 20.3. The van der Waals surface area contributed by atoms with Gasteiger partial charge in [-0.3, -0.25) is 4.79 Å². The van der Waals surface area contributed by atoms with Crippen LogP contribution in [-0.2, 0) is 28.1 Å². The van der Waals surface area contributed by atoms with E-state index in [0.29, 0.717) is 18.0 Å². The van der Waals surface area contributed by atoms with E-state index in [4.69, 9.17) is 0 Å². The Labute approximate surface area is 170 Å². The Morgan fingerprint density at radius 3 is 2.61 bits per heavy atom. The largest absolute Gasteiger partial charge is 0.309 e. The molecule has 0 radical (unpaired) electrons. The second-order valence-electron chi connectivity index (χ2n) is 7.41. The van der Waals surface area contributed by atoms with Gasteiger partial charge in [0.25, 0.3) is 0 Å². The van der Waals surface area contributed by atoms with E-state index in [-0.39, 0.29) is 35.1 Å². The van der Waals surface area contributed by atoms with E-state index < -0.39 is 9.84 Å². The van der Waals surface area contributed by atoms with E-state index in [0.717, 1.165) is 11.5 Å². The molecule has 1 aromatic heterocycles. The number of thioether (sulfide) groups is 1. The van der Waals surface area contributed by atoms with Crippen molar-refractivity contribution >= 4 is 33.2 Å². The van der Waals surface area contributed by atoms with Crippen LogP contribution in [0.3, 0.4) is 0 Å². The van der Waals surface area contributed by atoms with Crippen LogP contribution in [0.2, 0.25) is 0 Å². The number of hydrogen-bond donors (Lipinski definition) is 0. The van der Waals surface area contributed by atoms with E-state index in [2.05, 4.69) is 10.2 Å². The number of aromatic nitrogens is 3. The zero-order valence-electron chi connectivity index (χ0n) is 16.4. The molecule has 1 aliphatic heterocycles. The Morgan fingerprint density at radius 1 is 1.29 bits per heavy atom. The molecule has 1 fully saturated rings. The summed E-state index contributed by atoms with van der Waals surface area (Å²) in [7, 11) is -1.04. The van der Waals surface area contributed by atoms with Gasteiger partial charge in [0.05, 0.1) is 17.3 Å². The number of amides is 1. The molecule has 1 aliphatic rings. The first-order chi connectivity index (χ1) is 13.3. The molecule has 2 aromatic rings. The minimum atomic E-state index is -2.90. The molecule has 7 nitrogen and oxygen atoms in total. The maximum Gasteiger partial charge on any atom is 0.237 e. The third kappa shape index (κ3) is 4.94. The van der Waals surface area contributed by atoms with Crippen molar-refractivity contribution in [2.24, 2.45) is 13.0 Å². The van der Waals surface area contributed by atoms with Gasteiger partial charge in [0.2, 0.25) is 5.91 Å². The quantitative estimate of drug-likeness (QED) is 0.637. The molecule has 0 saturated carbocycles. The van der Waals surface area contributed by atoms with E-state index in [1.807, 2.05) is 55.8 Å². The van der Waals surface area contributed by atoms with E-state index in [1.54, 1.807) is 4.90 Å². The topological polar surface area (TPSA) is 85.2 Å². The number of nitrogens with zero attached hydrogens (tertiary/aromatic N) is 4. The third-order valence-corrected chi connectivity index (χ3v) is 7.71. The molecule has 9 heteroatoms. The maximum atomic E-state index is 12.8. The molecule has 1 unspecified atom stereocenters. The first-order valence-electron chi connectivity index (χ1n) is 9.35. The van der Waals surface area contributed by atoms with Gasteiger partial charge in [0, 0.05) is 25.2 Å². The summed E-state index contributed by atoms with van der Waals surface area (Å²) in [6.45, 7) is 3.98. The highest BCUT2D eigenvalue weighted by atomic mass is 32.2. The van der Waals surface area contributed by atoms with Crippen molar-refractivity contribution in [2.75, 3.05) is 22.2 Å². The fourth-order valence-corrected chi connectivity index (χ4v) is 6.11. The van der Waals surface area contributed by atoms with Crippen LogP contribution in [0.25, 0.3) is 0 Å². The lowest BCUT2D eigenvalue weighted by molar-refractivity contribution is -0.116. The summed E-state index contributed by atoms with van der Waals surface area (Å²) in [6, 6.07) is 9.68. The molecule has 2 heterocycles. The van der Waals surface area contributed by atoms with E-state index >= 15 is 0 Å². The van der Waals surface area contributed by atoms with E-state index in [9.17, 15) is 13.2 Å². The highest BCUT2D eigenvalue weighted by Gasteiger charge is 2.29. The van der Waals surface area contributed by atoms with Crippen molar-refractivity contribution in [1.82, 2.24) is 14.8 Å². The van der Waals surface area contributed by atoms with Crippen molar-refractivity contribution in [3.8, 4) is 0 Å². The lowest BCUT2D eigenvalue weighted by atomic mass is 10.1. The maximum absolute atomic E-state index is 12.8. The van der Waals surface area contributed by atoms with Crippen LogP contribution < -0.4 is 4.90 Å². The van der Waals surface area contributed by atoms with Crippen molar-refractivity contribution < 1.29 is 13.2 Å². The summed E-state index contributed by atoms with van der Waals surface area (Å²) in [6.07, 6.45) is 1.27.